The average Bonchev–Trinajstić information content (AvgIpc) is 2.95. The van der Waals surface area contributed by atoms with Crippen molar-refractivity contribution in [1.82, 2.24) is 4.57 Å². The number of rotatable bonds is 6. The lowest BCUT2D eigenvalue weighted by Gasteiger charge is -2.12. The predicted octanol–water partition coefficient (Wildman–Crippen LogP) is 3.45. The maximum atomic E-state index is 12.3. The highest BCUT2D eigenvalue weighted by Crippen LogP contribution is 2.14. The zero-order valence-corrected chi connectivity index (χ0v) is 14.7. The molecule has 0 fully saturated rings. The number of carbonyl (C=O) groups excluding carboxylic acids is 2. The molecule has 0 aliphatic carbocycles. The minimum absolute atomic E-state index is 0.0539. The van der Waals surface area contributed by atoms with Crippen molar-refractivity contribution in [3.05, 3.63) is 69.7 Å². The molecule has 0 unspecified atom stereocenters. The quantitative estimate of drug-likeness (QED) is 0.488. The normalized spacial score (nSPS) is 12.1. The molecule has 1 atom stereocenters. The van der Waals surface area contributed by atoms with E-state index in [2.05, 4.69) is 0 Å². The minimum atomic E-state index is -0.929. The number of esters is 1. The summed E-state index contributed by atoms with van der Waals surface area (Å²) in [5.41, 5.74) is 1.47. The molecule has 0 bridgehead atoms. The summed E-state index contributed by atoms with van der Waals surface area (Å²) >= 11 is 5.79. The van der Waals surface area contributed by atoms with Crippen molar-refractivity contribution in [2.45, 2.75) is 26.0 Å². The number of ketones is 1. The Morgan fingerprint density at radius 3 is 2.58 bits per heavy atom. The third kappa shape index (κ3) is 3.86. The van der Waals surface area contributed by atoms with Gasteiger partial charge in [0.1, 0.15) is 0 Å². The van der Waals surface area contributed by atoms with Gasteiger partial charge >= 0.3 is 11.7 Å². The van der Waals surface area contributed by atoms with Crippen molar-refractivity contribution in [2.24, 2.45) is 0 Å². The number of ether oxygens (including phenoxy) is 1. The van der Waals surface area contributed by atoms with Crippen molar-refractivity contribution < 1.29 is 18.7 Å². The number of fused-ring (bicyclic) bond motifs is 1. The number of oxazole rings is 1. The SMILES string of the molecule is C[C@@H](OC(=O)CCn1c(=O)oc2ccccc21)C(=O)c1ccc(Cl)cc1. The van der Waals surface area contributed by atoms with Gasteiger partial charge in [0.25, 0.3) is 0 Å². The van der Waals surface area contributed by atoms with E-state index in [9.17, 15) is 14.4 Å². The van der Waals surface area contributed by atoms with Gasteiger partial charge in [-0.3, -0.25) is 14.2 Å². The summed E-state index contributed by atoms with van der Waals surface area (Å²) in [6.07, 6.45) is -0.983. The average molecular weight is 374 g/mol. The topological polar surface area (TPSA) is 78.5 Å². The highest BCUT2D eigenvalue weighted by molar-refractivity contribution is 6.30. The standard InChI is InChI=1S/C19H16ClNO5/c1-12(18(23)13-6-8-14(20)9-7-13)25-17(22)10-11-21-15-4-2-3-5-16(15)26-19(21)24/h2-9,12H,10-11H2,1H3/t12-/m1/s1. The van der Waals surface area contributed by atoms with Gasteiger partial charge in [0.2, 0.25) is 5.78 Å². The second-order valence-corrected chi connectivity index (χ2v) is 6.18. The van der Waals surface area contributed by atoms with E-state index < -0.39 is 17.8 Å². The van der Waals surface area contributed by atoms with Crippen LogP contribution in [0.1, 0.15) is 23.7 Å². The number of carbonyl (C=O) groups is 2. The fourth-order valence-corrected chi connectivity index (χ4v) is 2.71. The van der Waals surface area contributed by atoms with Crippen LogP contribution in [0.3, 0.4) is 0 Å². The Hall–Kier alpha value is -2.86. The fourth-order valence-electron chi connectivity index (χ4n) is 2.59. The maximum Gasteiger partial charge on any atom is 0.419 e. The summed E-state index contributed by atoms with van der Waals surface area (Å²) in [5.74, 6) is -1.43. The summed E-state index contributed by atoms with van der Waals surface area (Å²) in [5, 5.41) is 0.518. The van der Waals surface area contributed by atoms with E-state index in [1.54, 1.807) is 48.5 Å². The van der Waals surface area contributed by atoms with E-state index in [0.29, 0.717) is 21.7 Å². The van der Waals surface area contributed by atoms with Gasteiger partial charge in [0.05, 0.1) is 11.9 Å². The first-order chi connectivity index (χ1) is 12.5. The number of para-hydroxylation sites is 2. The van der Waals surface area contributed by atoms with Gasteiger partial charge in [-0.15, -0.1) is 0 Å². The van der Waals surface area contributed by atoms with E-state index >= 15 is 0 Å². The second kappa shape index (κ2) is 7.58. The molecule has 0 N–H and O–H groups in total. The number of aryl methyl sites for hydroxylation is 1. The van der Waals surface area contributed by atoms with E-state index in [-0.39, 0.29) is 18.7 Å². The van der Waals surface area contributed by atoms with E-state index in [4.69, 9.17) is 20.8 Å². The van der Waals surface area contributed by atoms with Gasteiger partial charge in [-0.2, -0.15) is 0 Å². The van der Waals surface area contributed by atoms with Gasteiger partial charge in [0, 0.05) is 17.1 Å². The van der Waals surface area contributed by atoms with Crippen LogP contribution in [0.15, 0.2) is 57.7 Å². The number of benzene rings is 2. The summed E-state index contributed by atoms with van der Waals surface area (Å²) in [6.45, 7) is 1.62. The van der Waals surface area contributed by atoms with Gasteiger partial charge in [-0.1, -0.05) is 23.7 Å². The highest BCUT2D eigenvalue weighted by atomic mass is 35.5. The molecule has 0 saturated heterocycles. The number of halogens is 1. The summed E-state index contributed by atoms with van der Waals surface area (Å²) in [4.78, 5) is 36.2. The van der Waals surface area contributed by atoms with Crippen LogP contribution in [0.5, 0.6) is 0 Å². The zero-order valence-electron chi connectivity index (χ0n) is 14.0. The Bertz CT molecular complexity index is 1000. The lowest BCUT2D eigenvalue weighted by molar-refractivity contribution is -0.146. The van der Waals surface area contributed by atoms with E-state index in [1.165, 1.54) is 11.5 Å². The highest BCUT2D eigenvalue weighted by Gasteiger charge is 2.20. The van der Waals surface area contributed by atoms with Crippen LogP contribution in [-0.4, -0.2) is 22.4 Å². The van der Waals surface area contributed by atoms with E-state index in [0.717, 1.165) is 0 Å². The number of nitrogens with zero attached hydrogens (tertiary/aromatic N) is 1. The van der Waals surface area contributed by atoms with Crippen LogP contribution in [0.4, 0.5) is 0 Å². The van der Waals surface area contributed by atoms with Gasteiger partial charge in [-0.25, -0.2) is 4.79 Å². The summed E-state index contributed by atoms with van der Waals surface area (Å²) in [6, 6.07) is 13.3. The molecule has 0 radical (unpaired) electrons. The van der Waals surface area contributed by atoms with Gasteiger partial charge in [0.15, 0.2) is 11.7 Å². The Labute approximate surface area is 153 Å². The fraction of sp³-hybridized carbons (Fsp3) is 0.211. The molecule has 0 spiro atoms. The summed E-state index contributed by atoms with van der Waals surface area (Å²) < 4.78 is 11.7. The molecule has 0 saturated carbocycles. The van der Waals surface area contributed by atoms with Crippen LogP contribution in [0, 0.1) is 0 Å². The first kappa shape index (κ1) is 17.9. The molecule has 134 valence electrons. The third-order valence-electron chi connectivity index (χ3n) is 3.92. The molecule has 6 nitrogen and oxygen atoms in total. The molecule has 0 amide bonds. The molecule has 0 aliphatic rings. The van der Waals surface area contributed by atoms with Crippen LogP contribution < -0.4 is 5.76 Å². The molecule has 0 aliphatic heterocycles. The largest absolute Gasteiger partial charge is 0.454 e. The molecule has 3 rings (SSSR count). The van der Waals surface area contributed by atoms with Crippen LogP contribution >= 0.6 is 11.6 Å². The lowest BCUT2D eigenvalue weighted by Crippen LogP contribution is -2.25. The first-order valence-electron chi connectivity index (χ1n) is 8.03. The van der Waals surface area contributed by atoms with Crippen molar-refractivity contribution in [3.63, 3.8) is 0 Å². The van der Waals surface area contributed by atoms with Crippen molar-refractivity contribution in [3.8, 4) is 0 Å². The Balaban J connectivity index is 1.61. The van der Waals surface area contributed by atoms with Crippen molar-refractivity contribution in [1.29, 1.82) is 0 Å². The van der Waals surface area contributed by atoms with Crippen LogP contribution in [0.2, 0.25) is 5.02 Å². The monoisotopic (exact) mass is 373 g/mol. The molecular weight excluding hydrogens is 358 g/mol. The van der Waals surface area contributed by atoms with Crippen LogP contribution in [-0.2, 0) is 16.1 Å². The molecule has 3 aromatic rings. The number of hydrogen-bond acceptors (Lipinski definition) is 5. The zero-order chi connectivity index (χ0) is 18.7. The summed E-state index contributed by atoms with van der Waals surface area (Å²) in [7, 11) is 0. The molecule has 7 heteroatoms. The number of aromatic nitrogens is 1. The maximum absolute atomic E-state index is 12.3. The Kier molecular flexibility index (Phi) is 5.23. The smallest absolute Gasteiger partial charge is 0.419 e. The third-order valence-corrected chi connectivity index (χ3v) is 4.17. The predicted molar refractivity (Wildman–Crippen MR) is 96.4 cm³/mol. The first-order valence-corrected chi connectivity index (χ1v) is 8.41. The van der Waals surface area contributed by atoms with Gasteiger partial charge in [-0.05, 0) is 43.3 Å². The molecular formula is C19H16ClNO5. The minimum Gasteiger partial charge on any atom is -0.454 e. The number of Topliss-reactive ketones (excluding diaryl/α,β-unsaturated/α-hetero) is 1. The van der Waals surface area contributed by atoms with Gasteiger partial charge < -0.3 is 9.15 Å². The molecule has 26 heavy (non-hydrogen) atoms. The molecule has 2 aromatic carbocycles. The lowest BCUT2D eigenvalue weighted by atomic mass is 10.1. The Morgan fingerprint density at radius 2 is 1.85 bits per heavy atom. The van der Waals surface area contributed by atoms with Crippen molar-refractivity contribution in [2.75, 3.05) is 0 Å². The number of hydrogen-bond donors (Lipinski definition) is 0. The van der Waals surface area contributed by atoms with Crippen LogP contribution in [0.25, 0.3) is 11.1 Å². The Morgan fingerprint density at radius 1 is 1.15 bits per heavy atom. The van der Waals surface area contributed by atoms with E-state index in [1.807, 2.05) is 0 Å². The van der Waals surface area contributed by atoms with Crippen molar-refractivity contribution >= 4 is 34.5 Å². The molecule has 1 aromatic heterocycles. The second-order valence-electron chi connectivity index (χ2n) is 5.74. The molecule has 1 heterocycles.